The molecule has 2 aromatic carbocycles. The lowest BCUT2D eigenvalue weighted by molar-refractivity contribution is -0.122. The molecule has 0 unspecified atom stereocenters. The highest BCUT2D eigenvalue weighted by Crippen LogP contribution is 2.32. The zero-order valence-electron chi connectivity index (χ0n) is 17.7. The van der Waals surface area contributed by atoms with Crippen LogP contribution in [0.1, 0.15) is 18.4 Å². The summed E-state index contributed by atoms with van der Waals surface area (Å²) in [4.78, 5) is 17.0. The Labute approximate surface area is 181 Å². The number of methoxy groups -OCH3 is 1. The summed E-state index contributed by atoms with van der Waals surface area (Å²) in [5.41, 5.74) is 1.90. The number of aryl methyl sites for hydroxylation is 1. The van der Waals surface area contributed by atoms with E-state index in [1.807, 2.05) is 37.3 Å². The van der Waals surface area contributed by atoms with Crippen molar-refractivity contribution in [2.24, 2.45) is 0 Å². The van der Waals surface area contributed by atoms with Gasteiger partial charge in [-0.05, 0) is 31.5 Å². The fraction of sp³-hybridized carbons (Fsp3) is 0.286. The maximum atomic E-state index is 12.8. The van der Waals surface area contributed by atoms with Crippen LogP contribution >= 0.6 is 0 Å². The number of ether oxygens (including phenoxy) is 1. The zero-order chi connectivity index (χ0) is 22.6. The Morgan fingerprint density at radius 3 is 2.58 bits per heavy atom. The van der Waals surface area contributed by atoms with E-state index in [1.54, 1.807) is 18.2 Å². The van der Waals surface area contributed by atoms with Crippen LogP contribution in [0.3, 0.4) is 0 Å². The molecule has 0 saturated carbocycles. The summed E-state index contributed by atoms with van der Waals surface area (Å²) >= 11 is 0. The smallest absolute Gasteiger partial charge is 0.246 e. The van der Waals surface area contributed by atoms with Gasteiger partial charge in [-0.1, -0.05) is 41.6 Å². The minimum atomic E-state index is -3.79. The number of anilines is 1. The molecule has 0 aliphatic carbocycles. The topological polar surface area (TPSA) is 115 Å². The van der Waals surface area contributed by atoms with Crippen molar-refractivity contribution in [1.29, 1.82) is 0 Å². The average molecular weight is 445 g/mol. The summed E-state index contributed by atoms with van der Waals surface area (Å²) in [6.07, 6.45) is 1.04. The standard InChI is InChI=1S/C21H24N4O5S/c1-14-10-11-18(29-3)17(12-14)25(31(4,27)28)15(2)21(26)22-13-19-23-20(24-30-19)16-8-6-5-7-9-16/h5-12,15H,13H2,1-4H3,(H,22,26)/t15-/m1/s1. The van der Waals surface area contributed by atoms with Crippen LogP contribution in [0.15, 0.2) is 53.1 Å². The van der Waals surface area contributed by atoms with Crippen LogP contribution in [0, 0.1) is 6.92 Å². The second kappa shape index (κ2) is 9.17. The van der Waals surface area contributed by atoms with Crippen molar-refractivity contribution >= 4 is 21.6 Å². The normalized spacial score (nSPS) is 12.3. The van der Waals surface area contributed by atoms with E-state index in [4.69, 9.17) is 9.26 Å². The number of hydrogen-bond acceptors (Lipinski definition) is 7. The third kappa shape index (κ3) is 5.21. The van der Waals surface area contributed by atoms with Gasteiger partial charge >= 0.3 is 0 Å². The summed E-state index contributed by atoms with van der Waals surface area (Å²) < 4.78 is 36.6. The monoisotopic (exact) mass is 444 g/mol. The number of hydrogen-bond donors (Lipinski definition) is 1. The van der Waals surface area contributed by atoms with Gasteiger partial charge in [-0.25, -0.2) is 8.42 Å². The minimum Gasteiger partial charge on any atom is -0.495 e. The summed E-state index contributed by atoms with van der Waals surface area (Å²) in [6, 6.07) is 13.4. The van der Waals surface area contributed by atoms with E-state index < -0.39 is 22.0 Å². The van der Waals surface area contributed by atoms with Crippen LogP contribution < -0.4 is 14.4 Å². The quantitative estimate of drug-likeness (QED) is 0.568. The van der Waals surface area contributed by atoms with E-state index in [9.17, 15) is 13.2 Å². The molecule has 3 aromatic rings. The zero-order valence-corrected chi connectivity index (χ0v) is 18.5. The molecule has 0 aliphatic heterocycles. The second-order valence-electron chi connectivity index (χ2n) is 7.01. The van der Waals surface area contributed by atoms with E-state index in [2.05, 4.69) is 15.5 Å². The Hall–Kier alpha value is -3.40. The average Bonchev–Trinajstić information content (AvgIpc) is 3.21. The van der Waals surface area contributed by atoms with E-state index in [-0.39, 0.29) is 18.1 Å². The summed E-state index contributed by atoms with van der Waals surface area (Å²) in [7, 11) is -2.34. The second-order valence-corrected chi connectivity index (χ2v) is 8.87. The number of benzene rings is 2. The Morgan fingerprint density at radius 2 is 1.94 bits per heavy atom. The highest BCUT2D eigenvalue weighted by molar-refractivity contribution is 7.92. The first kappa shape index (κ1) is 22.3. The molecule has 1 heterocycles. The molecular weight excluding hydrogens is 420 g/mol. The third-order valence-corrected chi connectivity index (χ3v) is 5.80. The molecule has 0 fully saturated rings. The van der Waals surface area contributed by atoms with Crippen molar-refractivity contribution in [3.8, 4) is 17.1 Å². The Kier molecular flexibility index (Phi) is 6.59. The van der Waals surface area contributed by atoms with Gasteiger partial charge < -0.3 is 14.6 Å². The number of carbonyl (C=O) groups is 1. The van der Waals surface area contributed by atoms with Crippen molar-refractivity contribution in [1.82, 2.24) is 15.5 Å². The van der Waals surface area contributed by atoms with Crippen molar-refractivity contribution in [2.75, 3.05) is 17.7 Å². The number of nitrogens with one attached hydrogen (secondary N) is 1. The lowest BCUT2D eigenvalue weighted by atomic mass is 10.2. The van der Waals surface area contributed by atoms with Crippen LogP contribution in [0.4, 0.5) is 5.69 Å². The van der Waals surface area contributed by atoms with Gasteiger partial charge in [-0.3, -0.25) is 9.10 Å². The number of rotatable bonds is 8. The first-order valence-electron chi connectivity index (χ1n) is 9.50. The van der Waals surface area contributed by atoms with E-state index in [0.29, 0.717) is 11.6 Å². The van der Waals surface area contributed by atoms with Crippen LogP contribution in [0.2, 0.25) is 0 Å². The van der Waals surface area contributed by atoms with Gasteiger partial charge in [0.15, 0.2) is 0 Å². The van der Waals surface area contributed by atoms with Crippen molar-refractivity contribution < 1.29 is 22.5 Å². The Balaban J connectivity index is 1.77. The first-order valence-corrected chi connectivity index (χ1v) is 11.4. The van der Waals surface area contributed by atoms with Crippen LogP contribution in [0.25, 0.3) is 11.4 Å². The molecule has 0 radical (unpaired) electrons. The molecule has 1 aromatic heterocycles. The number of amides is 1. The Bertz CT molecular complexity index is 1160. The van der Waals surface area contributed by atoms with Crippen molar-refractivity contribution in [2.45, 2.75) is 26.4 Å². The number of aromatic nitrogens is 2. The van der Waals surface area contributed by atoms with Crippen molar-refractivity contribution in [3.63, 3.8) is 0 Å². The SMILES string of the molecule is COc1ccc(C)cc1N([C@H](C)C(=O)NCc1nc(-c2ccccc2)no1)S(C)(=O)=O. The molecule has 10 heteroatoms. The number of nitrogens with zero attached hydrogens (tertiary/aromatic N) is 3. The van der Waals surface area contributed by atoms with Gasteiger partial charge in [0.1, 0.15) is 11.8 Å². The van der Waals surface area contributed by atoms with Gasteiger partial charge in [0.05, 0.1) is 25.6 Å². The molecule has 3 rings (SSSR count). The van der Waals surface area contributed by atoms with Gasteiger partial charge in [-0.2, -0.15) is 4.98 Å². The van der Waals surface area contributed by atoms with Crippen LogP contribution in [-0.4, -0.2) is 43.9 Å². The third-order valence-electron chi connectivity index (χ3n) is 4.57. The Morgan fingerprint density at radius 1 is 1.23 bits per heavy atom. The van der Waals surface area contributed by atoms with E-state index >= 15 is 0 Å². The molecule has 0 bridgehead atoms. The molecule has 31 heavy (non-hydrogen) atoms. The summed E-state index contributed by atoms with van der Waals surface area (Å²) in [5, 5.41) is 6.56. The number of sulfonamides is 1. The first-order chi connectivity index (χ1) is 14.7. The molecule has 9 nitrogen and oxygen atoms in total. The van der Waals surface area contributed by atoms with Gasteiger partial charge in [0.2, 0.25) is 27.6 Å². The molecule has 1 amide bonds. The molecule has 0 saturated heterocycles. The maximum absolute atomic E-state index is 12.8. The highest BCUT2D eigenvalue weighted by atomic mass is 32.2. The van der Waals surface area contributed by atoms with Crippen LogP contribution in [-0.2, 0) is 21.4 Å². The molecule has 1 atom stereocenters. The van der Waals surface area contributed by atoms with E-state index in [1.165, 1.54) is 14.0 Å². The summed E-state index contributed by atoms with van der Waals surface area (Å²) in [6.45, 7) is 3.29. The molecule has 0 spiro atoms. The van der Waals surface area contributed by atoms with Gasteiger partial charge in [0, 0.05) is 5.56 Å². The fourth-order valence-corrected chi connectivity index (χ4v) is 4.26. The number of carbonyl (C=O) groups excluding carboxylic acids is 1. The van der Waals surface area contributed by atoms with Crippen LogP contribution in [0.5, 0.6) is 5.75 Å². The minimum absolute atomic E-state index is 0.0361. The predicted molar refractivity (Wildman–Crippen MR) is 116 cm³/mol. The molecular formula is C21H24N4O5S. The molecule has 0 aliphatic rings. The van der Waals surface area contributed by atoms with E-state index in [0.717, 1.165) is 21.7 Å². The predicted octanol–water partition coefficient (Wildman–Crippen LogP) is 2.52. The lowest BCUT2D eigenvalue weighted by Crippen LogP contribution is -2.47. The van der Waals surface area contributed by atoms with Gasteiger partial charge in [0.25, 0.3) is 0 Å². The maximum Gasteiger partial charge on any atom is 0.246 e. The largest absolute Gasteiger partial charge is 0.495 e. The van der Waals surface area contributed by atoms with Gasteiger partial charge in [-0.15, -0.1) is 0 Å². The molecule has 164 valence electrons. The highest BCUT2D eigenvalue weighted by Gasteiger charge is 2.31. The molecule has 1 N–H and O–H groups in total. The summed E-state index contributed by atoms with van der Waals surface area (Å²) in [5.74, 6) is 0.437. The van der Waals surface area contributed by atoms with Crippen molar-refractivity contribution in [3.05, 3.63) is 60.0 Å². The fourth-order valence-electron chi connectivity index (χ4n) is 3.09. The lowest BCUT2D eigenvalue weighted by Gasteiger charge is -2.29.